The lowest BCUT2D eigenvalue weighted by atomic mass is 9.77. The molecule has 35 heavy (non-hydrogen) atoms. The third-order valence-electron chi connectivity index (χ3n) is 5.94. The number of benzene rings is 2. The molecule has 5 nitrogen and oxygen atoms in total. The number of carbonyl (C=O) groups is 1. The summed E-state index contributed by atoms with van der Waals surface area (Å²) in [5, 5.41) is 2.22. The number of ether oxygens (including phenoxy) is 1. The Hall–Kier alpha value is -2.20. The van der Waals surface area contributed by atoms with Crippen molar-refractivity contribution < 1.29 is 32.0 Å². The van der Waals surface area contributed by atoms with E-state index < -0.39 is 36.2 Å². The molecule has 0 aliphatic carbocycles. The molecule has 1 amide bonds. The van der Waals surface area contributed by atoms with Crippen LogP contribution in [-0.4, -0.2) is 31.0 Å². The minimum atomic E-state index is -4.60. The first-order valence-electron chi connectivity index (χ1n) is 10.8. The van der Waals surface area contributed by atoms with Crippen molar-refractivity contribution in [2.75, 3.05) is 6.54 Å². The highest BCUT2D eigenvalue weighted by Gasteiger charge is 2.52. The molecule has 1 heterocycles. The van der Waals surface area contributed by atoms with Gasteiger partial charge in [0.05, 0.1) is 16.8 Å². The first kappa shape index (κ1) is 27.4. The summed E-state index contributed by atoms with van der Waals surface area (Å²) in [5.41, 5.74) is -1.01. The fourth-order valence-corrected chi connectivity index (χ4v) is 3.81. The van der Waals surface area contributed by atoms with Crippen LogP contribution in [0.5, 0.6) is 0 Å². The van der Waals surface area contributed by atoms with Crippen LogP contribution in [0, 0.1) is 0 Å². The van der Waals surface area contributed by atoms with Gasteiger partial charge < -0.3 is 19.4 Å². The van der Waals surface area contributed by atoms with E-state index in [0.29, 0.717) is 5.47 Å². The maximum atomic E-state index is 13.1. The molecule has 1 aliphatic heterocycles. The number of rotatable bonds is 6. The van der Waals surface area contributed by atoms with Crippen LogP contribution in [0.15, 0.2) is 47.9 Å². The second-order valence-electron chi connectivity index (χ2n) is 9.07. The van der Waals surface area contributed by atoms with Gasteiger partial charge in [0.1, 0.15) is 6.61 Å². The first-order valence-corrected chi connectivity index (χ1v) is 11.5. The molecule has 1 N–H and O–H groups in total. The van der Waals surface area contributed by atoms with Crippen molar-refractivity contribution in [1.29, 1.82) is 0 Å². The van der Waals surface area contributed by atoms with Crippen LogP contribution in [0.25, 0.3) is 6.08 Å². The van der Waals surface area contributed by atoms with E-state index in [4.69, 9.17) is 37.2 Å². The Morgan fingerprint density at radius 3 is 2.11 bits per heavy atom. The summed E-state index contributed by atoms with van der Waals surface area (Å²) in [7, 11) is -0.913. The SMILES string of the molecule is CC1(C)OB(C(=Cc2c(Cl)cc(C(F)(F)F)cc2Cl)CNC(=O)OCc2ccccc2)OC1(C)C. The molecule has 0 unspecified atom stereocenters. The van der Waals surface area contributed by atoms with Gasteiger partial charge in [-0.25, -0.2) is 4.79 Å². The molecule has 0 radical (unpaired) electrons. The Kier molecular flexibility index (Phi) is 8.16. The molecule has 2 aromatic carbocycles. The van der Waals surface area contributed by atoms with E-state index >= 15 is 0 Å². The highest BCUT2D eigenvalue weighted by atomic mass is 35.5. The molecule has 1 aliphatic rings. The number of amides is 1. The highest BCUT2D eigenvalue weighted by Crippen LogP contribution is 2.40. The van der Waals surface area contributed by atoms with Gasteiger partial charge in [-0.2, -0.15) is 13.2 Å². The van der Waals surface area contributed by atoms with E-state index in [-0.39, 0.29) is 28.8 Å². The van der Waals surface area contributed by atoms with Gasteiger partial charge in [-0.3, -0.25) is 0 Å². The van der Waals surface area contributed by atoms with Gasteiger partial charge >= 0.3 is 19.4 Å². The van der Waals surface area contributed by atoms with Crippen LogP contribution in [0.2, 0.25) is 10.0 Å². The molecule has 0 spiro atoms. The van der Waals surface area contributed by atoms with Gasteiger partial charge in [0.25, 0.3) is 0 Å². The summed E-state index contributed by atoms with van der Waals surface area (Å²) in [5.74, 6) is 0. The number of halogens is 5. The van der Waals surface area contributed by atoms with Crippen LogP contribution >= 0.6 is 23.2 Å². The number of hydrogen-bond acceptors (Lipinski definition) is 4. The van der Waals surface area contributed by atoms with Crippen LogP contribution in [0.1, 0.15) is 44.4 Å². The number of nitrogens with one attached hydrogen (secondary N) is 1. The molecule has 0 bridgehead atoms. The average molecular weight is 530 g/mol. The average Bonchev–Trinajstić information content (AvgIpc) is 2.98. The van der Waals surface area contributed by atoms with Gasteiger partial charge in [-0.15, -0.1) is 0 Å². The van der Waals surface area contributed by atoms with E-state index in [1.54, 1.807) is 0 Å². The summed E-state index contributed by atoms with van der Waals surface area (Å²) in [6, 6.07) is 10.7. The summed E-state index contributed by atoms with van der Waals surface area (Å²) in [4.78, 5) is 12.3. The van der Waals surface area contributed by atoms with Crippen LogP contribution in [0.4, 0.5) is 18.0 Å². The topological polar surface area (TPSA) is 56.8 Å². The first-order chi connectivity index (χ1) is 16.2. The van der Waals surface area contributed by atoms with Gasteiger partial charge in [-0.1, -0.05) is 59.6 Å². The predicted octanol–water partition coefficient (Wildman–Crippen LogP) is 6.95. The number of hydrogen-bond donors (Lipinski definition) is 1. The Morgan fingerprint density at radius 1 is 1.06 bits per heavy atom. The zero-order valence-electron chi connectivity index (χ0n) is 19.6. The molecule has 1 fully saturated rings. The zero-order valence-corrected chi connectivity index (χ0v) is 21.1. The van der Waals surface area contributed by atoms with Crippen LogP contribution in [0.3, 0.4) is 0 Å². The molecule has 0 aromatic heterocycles. The Labute approximate surface area is 212 Å². The smallest absolute Gasteiger partial charge is 0.445 e. The zero-order chi connectivity index (χ0) is 26.0. The number of alkyl carbamates (subject to hydrolysis) is 1. The predicted molar refractivity (Wildman–Crippen MR) is 130 cm³/mol. The van der Waals surface area contributed by atoms with E-state index in [2.05, 4.69) is 5.32 Å². The summed E-state index contributed by atoms with van der Waals surface area (Å²) < 4.78 is 56.8. The van der Waals surface area contributed by atoms with Crippen molar-refractivity contribution in [3.05, 3.63) is 74.7 Å². The quantitative estimate of drug-likeness (QED) is 0.411. The molecular formula is C24H25BCl2F3NO4. The Bertz CT molecular complexity index is 1070. The second-order valence-corrected chi connectivity index (χ2v) is 9.89. The summed E-state index contributed by atoms with van der Waals surface area (Å²) in [6.07, 6.45) is -3.83. The molecule has 188 valence electrons. The molecule has 3 rings (SSSR count). The highest BCUT2D eigenvalue weighted by molar-refractivity contribution is 6.56. The van der Waals surface area contributed by atoms with E-state index in [9.17, 15) is 18.0 Å². The molecule has 1 saturated heterocycles. The van der Waals surface area contributed by atoms with Gasteiger partial charge in [0, 0.05) is 22.2 Å². The van der Waals surface area contributed by atoms with Crippen molar-refractivity contribution in [1.82, 2.24) is 5.32 Å². The van der Waals surface area contributed by atoms with E-state index in [1.807, 2.05) is 58.0 Å². The fourth-order valence-electron chi connectivity index (χ4n) is 3.22. The van der Waals surface area contributed by atoms with Gasteiger partial charge in [0.15, 0.2) is 0 Å². The minimum absolute atomic E-state index is 0.0682. The monoisotopic (exact) mass is 529 g/mol. The molecular weight excluding hydrogens is 505 g/mol. The normalized spacial score (nSPS) is 17.4. The fraction of sp³-hybridized carbons (Fsp3) is 0.375. The Balaban J connectivity index is 1.85. The van der Waals surface area contributed by atoms with Gasteiger partial charge in [0.2, 0.25) is 0 Å². The van der Waals surface area contributed by atoms with Crippen molar-refractivity contribution in [3.63, 3.8) is 0 Å². The lowest BCUT2D eigenvalue weighted by molar-refractivity contribution is -0.137. The van der Waals surface area contributed by atoms with Crippen molar-refractivity contribution in [2.45, 2.75) is 51.7 Å². The maximum Gasteiger partial charge on any atom is 0.492 e. The standard InChI is InChI=1S/C24H25BCl2F3NO4/c1-22(2)23(3,4)35-25(34-22)17(13-31-21(32)33-14-15-8-6-5-7-9-15)12-18-19(26)10-16(11-20(18)27)24(28,29)30/h5-12H,13-14H2,1-4H3,(H,31,32). The third kappa shape index (κ3) is 6.73. The molecule has 0 atom stereocenters. The van der Waals surface area contributed by atoms with E-state index in [1.165, 1.54) is 6.08 Å². The van der Waals surface area contributed by atoms with Crippen LogP contribution < -0.4 is 5.32 Å². The summed E-state index contributed by atoms with van der Waals surface area (Å²) in [6.45, 7) is 7.39. The molecule has 2 aromatic rings. The number of alkyl halides is 3. The Morgan fingerprint density at radius 2 is 1.60 bits per heavy atom. The largest absolute Gasteiger partial charge is 0.492 e. The van der Waals surface area contributed by atoms with Gasteiger partial charge in [-0.05, 0) is 50.9 Å². The third-order valence-corrected chi connectivity index (χ3v) is 6.57. The van der Waals surface area contributed by atoms with Crippen molar-refractivity contribution in [2.24, 2.45) is 0 Å². The van der Waals surface area contributed by atoms with Crippen LogP contribution in [-0.2, 0) is 26.8 Å². The lowest BCUT2D eigenvalue weighted by Crippen LogP contribution is -2.41. The van der Waals surface area contributed by atoms with Crippen molar-refractivity contribution >= 4 is 42.5 Å². The maximum absolute atomic E-state index is 13.1. The molecule has 11 heteroatoms. The van der Waals surface area contributed by atoms with Crippen molar-refractivity contribution in [3.8, 4) is 0 Å². The summed E-state index contributed by atoms with van der Waals surface area (Å²) >= 11 is 12.3. The van der Waals surface area contributed by atoms with E-state index in [0.717, 1.165) is 17.7 Å². The molecule has 0 saturated carbocycles. The number of carbonyl (C=O) groups excluding carboxylic acids is 1. The minimum Gasteiger partial charge on any atom is -0.445 e. The lowest BCUT2D eigenvalue weighted by Gasteiger charge is -2.32. The second kappa shape index (κ2) is 10.4.